The average Bonchev–Trinajstić information content (AvgIpc) is 2.04. The standard InChI is InChI=1S/C4H4Cl2O4S/c5-1-3(7)9-11-10-4(8)2-6/h1-2H2. The van der Waals surface area contributed by atoms with Gasteiger partial charge in [0.25, 0.3) is 12.3 Å². The number of carbonyl (C=O) groups is 2. The molecule has 0 atom stereocenters. The van der Waals surface area contributed by atoms with Crippen LogP contribution in [0.4, 0.5) is 0 Å². The lowest BCUT2D eigenvalue weighted by Gasteiger charge is -1.97. The van der Waals surface area contributed by atoms with Crippen LogP contribution in [-0.4, -0.2) is 23.7 Å². The highest BCUT2D eigenvalue weighted by molar-refractivity contribution is 7.90. The zero-order chi connectivity index (χ0) is 8.69. The molecule has 0 fully saturated rings. The maximum atomic E-state index is 10.3. The molecule has 0 bridgehead atoms. The van der Waals surface area contributed by atoms with Crippen molar-refractivity contribution in [2.75, 3.05) is 11.8 Å². The second-order valence-corrected chi connectivity index (χ2v) is 2.25. The van der Waals surface area contributed by atoms with Crippen molar-refractivity contribution in [2.45, 2.75) is 0 Å². The average molecular weight is 219 g/mol. The van der Waals surface area contributed by atoms with Gasteiger partial charge in [0.1, 0.15) is 11.8 Å². The summed E-state index contributed by atoms with van der Waals surface area (Å²) < 4.78 is 8.42. The van der Waals surface area contributed by atoms with Crippen molar-refractivity contribution in [3.63, 3.8) is 0 Å². The normalized spacial score (nSPS) is 8.91. The summed E-state index contributed by atoms with van der Waals surface area (Å²) in [6.07, 6.45) is 0. The SMILES string of the molecule is O=C(CCl)OSOC(=O)CCl. The van der Waals surface area contributed by atoms with Crippen LogP contribution in [0.25, 0.3) is 0 Å². The van der Waals surface area contributed by atoms with Gasteiger partial charge in [-0.1, -0.05) is 0 Å². The summed E-state index contributed by atoms with van der Waals surface area (Å²) in [5.41, 5.74) is 0. The molecule has 0 spiro atoms. The largest absolute Gasteiger partial charge is 0.353 e. The lowest BCUT2D eigenvalue weighted by molar-refractivity contribution is -0.133. The van der Waals surface area contributed by atoms with Gasteiger partial charge in [-0.3, -0.25) is 0 Å². The van der Waals surface area contributed by atoms with Crippen LogP contribution < -0.4 is 0 Å². The van der Waals surface area contributed by atoms with Gasteiger partial charge in [0.05, 0.1) is 0 Å². The van der Waals surface area contributed by atoms with E-state index in [1.807, 2.05) is 0 Å². The number of rotatable bonds is 4. The molecule has 0 aromatic heterocycles. The number of hydrogen-bond acceptors (Lipinski definition) is 5. The van der Waals surface area contributed by atoms with Crippen LogP contribution in [0.2, 0.25) is 0 Å². The van der Waals surface area contributed by atoms with E-state index in [4.69, 9.17) is 23.2 Å². The minimum Gasteiger partial charge on any atom is -0.353 e. The maximum Gasteiger partial charge on any atom is 0.335 e. The van der Waals surface area contributed by atoms with E-state index in [1.54, 1.807) is 0 Å². The Hall–Kier alpha value is -0.130. The Morgan fingerprint density at radius 3 is 1.73 bits per heavy atom. The molecule has 0 N–H and O–H groups in total. The van der Waals surface area contributed by atoms with Crippen LogP contribution in [-0.2, 0) is 18.0 Å². The molecule has 0 aliphatic rings. The highest BCUT2D eigenvalue weighted by Crippen LogP contribution is 2.06. The molecular formula is C4H4Cl2O4S. The van der Waals surface area contributed by atoms with E-state index >= 15 is 0 Å². The molecule has 0 rings (SSSR count). The highest BCUT2D eigenvalue weighted by Gasteiger charge is 2.05. The Kier molecular flexibility index (Phi) is 6.49. The first-order valence-corrected chi connectivity index (χ1v) is 4.13. The van der Waals surface area contributed by atoms with Crippen molar-refractivity contribution in [3.05, 3.63) is 0 Å². The van der Waals surface area contributed by atoms with Gasteiger partial charge in [0.2, 0.25) is 0 Å². The lowest BCUT2D eigenvalue weighted by atomic mass is 10.8. The van der Waals surface area contributed by atoms with Gasteiger partial charge in [-0.05, 0) is 0 Å². The molecule has 0 aliphatic heterocycles. The monoisotopic (exact) mass is 218 g/mol. The summed E-state index contributed by atoms with van der Waals surface area (Å²) >= 11 is 10.3. The predicted octanol–water partition coefficient (Wildman–Crippen LogP) is 1.11. The van der Waals surface area contributed by atoms with Crippen molar-refractivity contribution < 1.29 is 18.0 Å². The van der Waals surface area contributed by atoms with Crippen LogP contribution in [0.15, 0.2) is 0 Å². The molecule has 0 saturated heterocycles. The van der Waals surface area contributed by atoms with Gasteiger partial charge in [-0.2, -0.15) is 0 Å². The van der Waals surface area contributed by atoms with E-state index in [0.717, 1.165) is 0 Å². The minimum absolute atomic E-state index is 0.251. The first-order valence-electron chi connectivity index (χ1n) is 2.39. The molecular weight excluding hydrogens is 215 g/mol. The van der Waals surface area contributed by atoms with Crippen LogP contribution in [0, 0.1) is 0 Å². The molecule has 11 heavy (non-hydrogen) atoms. The van der Waals surface area contributed by atoms with E-state index in [9.17, 15) is 9.59 Å². The fraction of sp³-hybridized carbons (Fsp3) is 0.500. The second kappa shape index (κ2) is 6.57. The molecule has 0 saturated carbocycles. The molecule has 0 amide bonds. The summed E-state index contributed by atoms with van der Waals surface area (Å²) in [5, 5.41) is 0. The molecule has 0 aliphatic carbocycles. The zero-order valence-corrected chi connectivity index (χ0v) is 7.54. The van der Waals surface area contributed by atoms with Gasteiger partial charge in [0.15, 0.2) is 0 Å². The summed E-state index contributed by atoms with van der Waals surface area (Å²) in [6.45, 7) is 0. The Morgan fingerprint density at radius 2 is 1.45 bits per heavy atom. The first-order chi connectivity index (χ1) is 5.20. The van der Waals surface area contributed by atoms with Crippen molar-refractivity contribution in [1.82, 2.24) is 0 Å². The second-order valence-electron chi connectivity index (χ2n) is 1.25. The quantitative estimate of drug-likeness (QED) is 0.523. The lowest BCUT2D eigenvalue weighted by Crippen LogP contribution is -2.04. The fourth-order valence-electron chi connectivity index (χ4n) is 0.137. The van der Waals surface area contributed by atoms with Crippen molar-refractivity contribution in [1.29, 1.82) is 0 Å². The Morgan fingerprint density at radius 1 is 1.09 bits per heavy atom. The molecule has 64 valence electrons. The first kappa shape index (κ1) is 10.9. The Bertz CT molecular complexity index is 135. The van der Waals surface area contributed by atoms with E-state index in [1.165, 1.54) is 0 Å². The topological polar surface area (TPSA) is 52.6 Å². The van der Waals surface area contributed by atoms with E-state index in [-0.39, 0.29) is 24.1 Å². The third-order valence-corrected chi connectivity index (χ3v) is 1.42. The van der Waals surface area contributed by atoms with Crippen molar-refractivity contribution in [3.8, 4) is 0 Å². The van der Waals surface area contributed by atoms with Gasteiger partial charge >= 0.3 is 11.9 Å². The molecule has 0 heterocycles. The van der Waals surface area contributed by atoms with Gasteiger partial charge in [-0.25, -0.2) is 9.59 Å². The van der Waals surface area contributed by atoms with E-state index < -0.39 is 11.9 Å². The van der Waals surface area contributed by atoms with E-state index in [0.29, 0.717) is 0 Å². The third kappa shape index (κ3) is 6.28. The van der Waals surface area contributed by atoms with Crippen LogP contribution in [0.1, 0.15) is 0 Å². The highest BCUT2D eigenvalue weighted by atomic mass is 35.5. The van der Waals surface area contributed by atoms with Crippen molar-refractivity contribution in [2.24, 2.45) is 0 Å². The fourth-order valence-corrected chi connectivity index (χ4v) is 0.680. The summed E-state index contributed by atoms with van der Waals surface area (Å²) in [7, 11) is 0. The summed E-state index contributed by atoms with van der Waals surface area (Å²) in [6, 6.07) is 0. The zero-order valence-electron chi connectivity index (χ0n) is 5.21. The summed E-state index contributed by atoms with van der Waals surface area (Å²) in [5.74, 6) is -1.94. The van der Waals surface area contributed by atoms with Gasteiger partial charge < -0.3 is 8.37 Å². The summed E-state index contributed by atoms with van der Waals surface area (Å²) in [4.78, 5) is 20.6. The molecule has 0 unspecified atom stereocenters. The molecule has 0 aromatic carbocycles. The number of carbonyl (C=O) groups excluding carboxylic acids is 2. The maximum absolute atomic E-state index is 10.3. The Labute approximate surface area is 77.5 Å². The predicted molar refractivity (Wildman–Crippen MR) is 41.2 cm³/mol. The molecule has 0 radical (unpaired) electrons. The third-order valence-electron chi connectivity index (χ3n) is 0.472. The Balaban J connectivity index is 3.27. The molecule has 4 nitrogen and oxygen atoms in total. The molecule has 0 aromatic rings. The van der Waals surface area contributed by atoms with Crippen LogP contribution >= 0.6 is 35.5 Å². The minimum atomic E-state index is -0.681. The van der Waals surface area contributed by atoms with Gasteiger partial charge in [0, 0.05) is 0 Å². The number of hydrogen-bond donors (Lipinski definition) is 0. The molecule has 7 heteroatoms. The number of halogens is 2. The van der Waals surface area contributed by atoms with Gasteiger partial charge in [-0.15, -0.1) is 23.2 Å². The van der Waals surface area contributed by atoms with Crippen LogP contribution in [0.3, 0.4) is 0 Å². The van der Waals surface area contributed by atoms with Crippen LogP contribution in [0.5, 0.6) is 0 Å². The number of alkyl halides is 2. The smallest absolute Gasteiger partial charge is 0.335 e. The van der Waals surface area contributed by atoms with E-state index in [2.05, 4.69) is 8.37 Å². The van der Waals surface area contributed by atoms with Crippen molar-refractivity contribution >= 4 is 47.5 Å².